The van der Waals surface area contributed by atoms with Crippen LogP contribution in [0.3, 0.4) is 0 Å². The van der Waals surface area contributed by atoms with Crippen molar-refractivity contribution in [3.63, 3.8) is 0 Å². The van der Waals surface area contributed by atoms with Gasteiger partial charge in [-0.3, -0.25) is 9.36 Å². The Kier molecular flexibility index (Phi) is 8.16. The van der Waals surface area contributed by atoms with E-state index in [0.717, 1.165) is 37.0 Å². The topological polar surface area (TPSA) is 53.4 Å². The van der Waals surface area contributed by atoms with Crippen molar-refractivity contribution in [2.45, 2.75) is 51.8 Å². The van der Waals surface area contributed by atoms with Crippen LogP contribution in [0.25, 0.3) is 28.1 Å². The van der Waals surface area contributed by atoms with Crippen LogP contribution in [0.2, 0.25) is 0 Å². The van der Waals surface area contributed by atoms with Crippen LogP contribution in [0.5, 0.6) is 5.75 Å². The third kappa shape index (κ3) is 6.70. The van der Waals surface area contributed by atoms with Crippen LogP contribution >= 0.6 is 0 Å². The van der Waals surface area contributed by atoms with Crippen LogP contribution < -0.4 is 4.74 Å². The van der Waals surface area contributed by atoms with Gasteiger partial charge in [-0.2, -0.15) is 13.2 Å². The van der Waals surface area contributed by atoms with Gasteiger partial charge in [0.1, 0.15) is 11.6 Å². The molecule has 194 valence electrons. The van der Waals surface area contributed by atoms with E-state index < -0.39 is 11.7 Å². The predicted octanol–water partition coefficient (Wildman–Crippen LogP) is 7.60. The average molecular weight is 511 g/mol. The van der Waals surface area contributed by atoms with Gasteiger partial charge in [-0.15, -0.1) is 0 Å². The first-order valence-corrected chi connectivity index (χ1v) is 12.3. The first-order chi connectivity index (χ1) is 17.7. The van der Waals surface area contributed by atoms with E-state index in [1.165, 1.54) is 6.07 Å². The number of aromatic nitrogens is 2. The van der Waals surface area contributed by atoms with E-state index in [-0.39, 0.29) is 12.1 Å². The summed E-state index contributed by atoms with van der Waals surface area (Å²) in [5.74, 6) is 0.943. The number of unbranched alkanes of at least 4 members (excludes halogenated alkanes) is 2. The van der Waals surface area contributed by atoms with Crippen LogP contribution in [-0.2, 0) is 15.7 Å². The number of halogens is 3. The Morgan fingerprint density at radius 2 is 1.73 bits per heavy atom. The van der Waals surface area contributed by atoms with Crippen LogP contribution in [0.4, 0.5) is 13.2 Å². The van der Waals surface area contributed by atoms with Gasteiger partial charge >= 0.3 is 12.1 Å². The molecule has 0 spiro atoms. The Bertz CT molecular complexity index is 1350. The van der Waals surface area contributed by atoms with Gasteiger partial charge in [-0.1, -0.05) is 36.4 Å². The molecule has 37 heavy (non-hydrogen) atoms. The Morgan fingerprint density at radius 1 is 0.946 bits per heavy atom. The summed E-state index contributed by atoms with van der Waals surface area (Å²) in [7, 11) is 0. The molecule has 8 heteroatoms. The Balaban J connectivity index is 1.56. The van der Waals surface area contributed by atoms with Crippen molar-refractivity contribution in [3.8, 4) is 22.8 Å². The molecule has 0 fully saturated rings. The molecular weight excluding hydrogens is 481 g/mol. The van der Waals surface area contributed by atoms with Crippen LogP contribution in [0, 0.1) is 0 Å². The van der Waals surface area contributed by atoms with Crippen molar-refractivity contribution >= 4 is 17.0 Å². The molecule has 0 radical (unpaired) electrons. The molecule has 0 saturated carbocycles. The van der Waals surface area contributed by atoms with E-state index in [0.29, 0.717) is 41.3 Å². The minimum Gasteiger partial charge on any atom is -0.494 e. The summed E-state index contributed by atoms with van der Waals surface area (Å²) >= 11 is 0. The normalized spacial score (nSPS) is 11.7. The zero-order valence-electron chi connectivity index (χ0n) is 20.8. The number of hydrogen-bond acceptors (Lipinski definition) is 4. The first-order valence-electron chi connectivity index (χ1n) is 12.3. The first kappa shape index (κ1) is 26.3. The van der Waals surface area contributed by atoms with Crippen LogP contribution in [-0.4, -0.2) is 28.2 Å². The zero-order valence-corrected chi connectivity index (χ0v) is 20.8. The number of fused-ring (bicyclic) bond motifs is 1. The number of esters is 1. The molecular formula is C29H29F3N2O3. The number of alkyl halides is 3. The standard InChI is InChI=1S/C29H29F3N2O3/c1-20(2)37-27(35)14-7-4-8-17-36-24-15-16-25-26(19-24)34(28(33-25)21-10-5-3-6-11-21)23-13-9-12-22(18-23)29(30,31)32/h3,5-6,9-13,15-16,18-20H,4,7-8,14,17H2,1-2H3. The molecule has 1 aromatic heterocycles. The predicted molar refractivity (Wildman–Crippen MR) is 137 cm³/mol. The van der Waals surface area contributed by atoms with Crippen molar-refractivity contribution in [2.24, 2.45) is 0 Å². The smallest absolute Gasteiger partial charge is 0.416 e. The highest BCUT2D eigenvalue weighted by molar-refractivity contribution is 5.84. The van der Waals surface area contributed by atoms with Crippen LogP contribution in [0.15, 0.2) is 72.8 Å². The minimum absolute atomic E-state index is 0.113. The maximum absolute atomic E-state index is 13.5. The second kappa shape index (κ2) is 11.5. The van der Waals surface area contributed by atoms with Gasteiger partial charge in [0.2, 0.25) is 0 Å². The van der Waals surface area contributed by atoms with Gasteiger partial charge in [0.15, 0.2) is 0 Å². The minimum atomic E-state index is -4.46. The number of nitrogens with zero attached hydrogens (tertiary/aromatic N) is 2. The average Bonchev–Trinajstić information content (AvgIpc) is 3.24. The van der Waals surface area contributed by atoms with Gasteiger partial charge in [0.25, 0.3) is 0 Å². The number of rotatable bonds is 10. The molecule has 0 aliphatic carbocycles. The molecule has 0 atom stereocenters. The number of carbonyl (C=O) groups is 1. The van der Waals surface area contributed by atoms with Gasteiger partial charge in [0, 0.05) is 23.7 Å². The molecule has 0 unspecified atom stereocenters. The molecule has 0 aliphatic heterocycles. The third-order valence-corrected chi connectivity index (χ3v) is 5.75. The Morgan fingerprint density at radius 3 is 2.46 bits per heavy atom. The second-order valence-corrected chi connectivity index (χ2v) is 9.03. The molecule has 4 rings (SSSR count). The lowest BCUT2D eigenvalue weighted by Gasteiger charge is -2.13. The Hall–Kier alpha value is -3.81. The highest BCUT2D eigenvalue weighted by atomic mass is 19.4. The SMILES string of the molecule is CC(C)OC(=O)CCCCCOc1ccc2nc(-c3ccccc3)n(-c3cccc(C(F)(F)F)c3)c2c1. The van der Waals surface area contributed by atoms with Crippen molar-refractivity contribution in [1.82, 2.24) is 9.55 Å². The molecule has 0 saturated heterocycles. The van der Waals surface area contributed by atoms with Crippen LogP contribution in [0.1, 0.15) is 45.1 Å². The molecule has 5 nitrogen and oxygen atoms in total. The van der Waals surface area contributed by atoms with E-state index >= 15 is 0 Å². The molecule has 0 aliphatic rings. The number of hydrogen-bond donors (Lipinski definition) is 0. The fraction of sp³-hybridized carbons (Fsp3) is 0.310. The van der Waals surface area contributed by atoms with Gasteiger partial charge in [-0.05, 0) is 63.4 Å². The van der Waals surface area contributed by atoms with E-state index in [9.17, 15) is 18.0 Å². The molecule has 3 aromatic carbocycles. The maximum atomic E-state index is 13.5. The molecule has 0 N–H and O–H groups in total. The summed E-state index contributed by atoms with van der Waals surface area (Å²) in [4.78, 5) is 16.4. The van der Waals surface area contributed by atoms with Gasteiger partial charge < -0.3 is 9.47 Å². The molecule has 0 bridgehead atoms. The number of ether oxygens (including phenoxy) is 2. The van der Waals surface area contributed by atoms with E-state index in [1.807, 2.05) is 50.2 Å². The lowest BCUT2D eigenvalue weighted by Crippen LogP contribution is -2.11. The monoisotopic (exact) mass is 510 g/mol. The van der Waals surface area contributed by atoms with Crippen molar-refractivity contribution in [2.75, 3.05) is 6.61 Å². The molecule has 4 aromatic rings. The highest BCUT2D eigenvalue weighted by Crippen LogP contribution is 2.34. The zero-order chi connectivity index (χ0) is 26.4. The van der Waals surface area contributed by atoms with Gasteiger partial charge in [-0.25, -0.2) is 4.98 Å². The van der Waals surface area contributed by atoms with Crippen molar-refractivity contribution in [1.29, 1.82) is 0 Å². The summed E-state index contributed by atoms with van der Waals surface area (Å²) in [5, 5.41) is 0. The molecule has 1 heterocycles. The number of carbonyl (C=O) groups excluding carboxylic acids is 1. The van der Waals surface area contributed by atoms with Crippen molar-refractivity contribution in [3.05, 3.63) is 78.4 Å². The van der Waals surface area contributed by atoms with Crippen molar-refractivity contribution < 1.29 is 27.4 Å². The molecule has 0 amide bonds. The van der Waals surface area contributed by atoms with E-state index in [4.69, 9.17) is 14.5 Å². The quantitative estimate of drug-likeness (QED) is 0.163. The summed E-state index contributed by atoms with van der Waals surface area (Å²) in [6.45, 7) is 4.10. The lowest BCUT2D eigenvalue weighted by molar-refractivity contribution is -0.147. The summed E-state index contributed by atoms with van der Waals surface area (Å²) in [6, 6.07) is 20.0. The van der Waals surface area contributed by atoms with E-state index in [1.54, 1.807) is 22.8 Å². The lowest BCUT2D eigenvalue weighted by atomic mass is 10.1. The largest absolute Gasteiger partial charge is 0.494 e. The fourth-order valence-corrected chi connectivity index (χ4v) is 4.07. The van der Waals surface area contributed by atoms with E-state index in [2.05, 4.69) is 0 Å². The number of imidazole rings is 1. The van der Waals surface area contributed by atoms with Gasteiger partial charge in [0.05, 0.1) is 29.3 Å². The summed E-state index contributed by atoms with van der Waals surface area (Å²) < 4.78 is 53.2. The summed E-state index contributed by atoms with van der Waals surface area (Å²) in [6.07, 6.45) is -1.90. The number of benzene rings is 3. The fourth-order valence-electron chi connectivity index (χ4n) is 4.07. The third-order valence-electron chi connectivity index (χ3n) is 5.75. The highest BCUT2D eigenvalue weighted by Gasteiger charge is 2.31. The maximum Gasteiger partial charge on any atom is 0.416 e. The second-order valence-electron chi connectivity index (χ2n) is 9.03. The Labute approximate surface area is 213 Å². The summed E-state index contributed by atoms with van der Waals surface area (Å²) in [5.41, 5.74) is 1.71.